The minimum atomic E-state index is -1.15. The lowest BCUT2D eigenvalue weighted by atomic mass is 9.70. The minimum absolute atomic E-state index is 0.0893. The Balaban J connectivity index is 1.53. The van der Waals surface area contributed by atoms with Gasteiger partial charge in [0.05, 0.1) is 36.1 Å². The van der Waals surface area contributed by atoms with Crippen LogP contribution < -0.4 is 0 Å². The number of likely N-dealkylation sites (N-methyl/N-ethyl adjacent to an activating group) is 1. The third-order valence-corrected chi connectivity index (χ3v) is 8.16. The lowest BCUT2D eigenvalue weighted by Gasteiger charge is -2.38. The number of carbonyl (C=O) groups excluding carboxylic acids is 3. The highest BCUT2D eigenvalue weighted by Crippen LogP contribution is 2.59. The van der Waals surface area contributed by atoms with E-state index in [0.717, 1.165) is 5.52 Å². The van der Waals surface area contributed by atoms with Gasteiger partial charge in [-0.3, -0.25) is 14.4 Å². The number of para-hydroxylation sites is 1. The van der Waals surface area contributed by atoms with Crippen molar-refractivity contribution in [1.82, 2.24) is 29.7 Å². The summed E-state index contributed by atoms with van der Waals surface area (Å²) in [6.45, 7) is 9.53. The number of ether oxygens (including phenoxy) is 1. The fraction of sp³-hybridized carbons (Fsp3) is 0.519. The molecule has 3 amide bonds. The molecule has 1 spiro atoms. The molecular formula is C27H34N6O5. The summed E-state index contributed by atoms with van der Waals surface area (Å²) < 4.78 is 8.11. The molecule has 3 aliphatic heterocycles. The summed E-state index contributed by atoms with van der Waals surface area (Å²) in [5.74, 6) is -2.37. The Morgan fingerprint density at radius 3 is 2.71 bits per heavy atom. The van der Waals surface area contributed by atoms with Gasteiger partial charge in [-0.2, -0.15) is 0 Å². The third-order valence-electron chi connectivity index (χ3n) is 8.16. The molecule has 38 heavy (non-hydrogen) atoms. The van der Waals surface area contributed by atoms with Crippen LogP contribution in [0.5, 0.6) is 0 Å². The molecule has 2 bridgehead atoms. The van der Waals surface area contributed by atoms with Crippen LogP contribution in [0, 0.1) is 11.8 Å². The Hall–Kier alpha value is -3.57. The average Bonchev–Trinajstić information content (AvgIpc) is 3.66. The SMILES string of the molecule is C=CCN(C)C(=O)[C@@H]1[C@H]2C(=O)N([C@H](C)CO)C(C(=O)N(CC=C)Cn3nnc4ccccc43)C23CC[C@H]1O3. The summed E-state index contributed by atoms with van der Waals surface area (Å²) >= 11 is 0. The summed E-state index contributed by atoms with van der Waals surface area (Å²) in [6.07, 6.45) is 3.85. The summed E-state index contributed by atoms with van der Waals surface area (Å²) in [4.78, 5) is 46.3. The van der Waals surface area contributed by atoms with Gasteiger partial charge in [0.1, 0.15) is 23.8 Å². The van der Waals surface area contributed by atoms with E-state index in [-0.39, 0.29) is 37.5 Å². The van der Waals surface area contributed by atoms with Crippen molar-refractivity contribution in [2.75, 3.05) is 26.7 Å². The second kappa shape index (κ2) is 9.95. The molecule has 1 aromatic carbocycles. The number of hydrogen-bond acceptors (Lipinski definition) is 7. The topological polar surface area (TPSA) is 121 Å². The molecule has 0 radical (unpaired) electrons. The Bertz CT molecular complexity index is 1280. The van der Waals surface area contributed by atoms with E-state index in [1.807, 2.05) is 24.3 Å². The maximum atomic E-state index is 14.4. The second-order valence-electron chi connectivity index (χ2n) is 10.4. The number of aliphatic hydroxyl groups is 1. The van der Waals surface area contributed by atoms with Crippen LogP contribution in [-0.2, 0) is 25.8 Å². The predicted octanol–water partition coefficient (Wildman–Crippen LogP) is 0.803. The highest BCUT2D eigenvalue weighted by molar-refractivity contribution is 5.99. The molecule has 6 atom stereocenters. The Morgan fingerprint density at radius 2 is 2.00 bits per heavy atom. The van der Waals surface area contributed by atoms with E-state index in [4.69, 9.17) is 4.74 Å². The minimum Gasteiger partial charge on any atom is -0.394 e. The number of aromatic nitrogens is 3. The molecule has 2 unspecified atom stereocenters. The number of likely N-dealkylation sites (tertiary alicyclic amines) is 1. The highest BCUT2D eigenvalue weighted by atomic mass is 16.5. The zero-order valence-corrected chi connectivity index (χ0v) is 21.8. The van der Waals surface area contributed by atoms with E-state index < -0.39 is 35.6 Å². The van der Waals surface area contributed by atoms with Gasteiger partial charge in [-0.1, -0.05) is 29.5 Å². The van der Waals surface area contributed by atoms with Crippen LogP contribution in [0.25, 0.3) is 11.0 Å². The molecule has 1 aromatic heterocycles. The monoisotopic (exact) mass is 522 g/mol. The van der Waals surface area contributed by atoms with E-state index in [9.17, 15) is 19.5 Å². The fourth-order valence-electron chi connectivity index (χ4n) is 6.48. The Kier molecular flexibility index (Phi) is 6.83. The van der Waals surface area contributed by atoms with Gasteiger partial charge < -0.3 is 24.5 Å². The molecule has 1 N–H and O–H groups in total. The summed E-state index contributed by atoms with van der Waals surface area (Å²) in [5, 5.41) is 18.5. The molecule has 11 heteroatoms. The number of carbonyl (C=O) groups is 3. The van der Waals surface area contributed by atoms with Crippen LogP contribution in [0.1, 0.15) is 19.8 Å². The first-order valence-electron chi connectivity index (χ1n) is 12.9. The van der Waals surface area contributed by atoms with Crippen LogP contribution in [-0.4, -0.2) is 103 Å². The van der Waals surface area contributed by atoms with Crippen LogP contribution in [0.2, 0.25) is 0 Å². The van der Waals surface area contributed by atoms with Crippen molar-refractivity contribution in [1.29, 1.82) is 0 Å². The zero-order valence-electron chi connectivity index (χ0n) is 21.8. The predicted molar refractivity (Wildman–Crippen MR) is 138 cm³/mol. The number of fused-ring (bicyclic) bond motifs is 2. The largest absolute Gasteiger partial charge is 0.394 e. The first-order chi connectivity index (χ1) is 18.3. The molecule has 0 saturated carbocycles. The second-order valence-corrected chi connectivity index (χ2v) is 10.4. The van der Waals surface area contributed by atoms with E-state index in [1.165, 1.54) is 9.80 Å². The Labute approximate surface area is 221 Å². The molecule has 202 valence electrons. The van der Waals surface area contributed by atoms with E-state index in [2.05, 4.69) is 23.5 Å². The molecule has 11 nitrogen and oxygen atoms in total. The van der Waals surface area contributed by atoms with Crippen molar-refractivity contribution < 1.29 is 24.2 Å². The van der Waals surface area contributed by atoms with Crippen LogP contribution in [0.15, 0.2) is 49.6 Å². The molecule has 3 saturated heterocycles. The smallest absolute Gasteiger partial charge is 0.250 e. The van der Waals surface area contributed by atoms with Gasteiger partial charge in [0.25, 0.3) is 0 Å². The van der Waals surface area contributed by atoms with E-state index in [0.29, 0.717) is 24.9 Å². The highest BCUT2D eigenvalue weighted by Gasteiger charge is 2.75. The average molecular weight is 523 g/mol. The molecular weight excluding hydrogens is 488 g/mol. The van der Waals surface area contributed by atoms with Gasteiger partial charge in [-0.05, 0) is 31.9 Å². The van der Waals surface area contributed by atoms with Gasteiger partial charge in [-0.25, -0.2) is 4.68 Å². The van der Waals surface area contributed by atoms with Crippen LogP contribution in [0.4, 0.5) is 0 Å². The number of benzene rings is 1. The van der Waals surface area contributed by atoms with Gasteiger partial charge in [0, 0.05) is 20.1 Å². The molecule has 2 aromatic rings. The maximum absolute atomic E-state index is 14.4. The molecule has 0 aliphatic carbocycles. The number of rotatable bonds is 10. The van der Waals surface area contributed by atoms with Gasteiger partial charge in [-0.15, -0.1) is 18.3 Å². The molecule has 4 heterocycles. The summed E-state index contributed by atoms with van der Waals surface area (Å²) in [5.41, 5.74) is 0.315. The van der Waals surface area contributed by atoms with E-state index >= 15 is 0 Å². The van der Waals surface area contributed by atoms with Gasteiger partial charge in [0.2, 0.25) is 17.7 Å². The number of amides is 3. The fourth-order valence-corrected chi connectivity index (χ4v) is 6.48. The van der Waals surface area contributed by atoms with Crippen molar-refractivity contribution in [3.05, 3.63) is 49.6 Å². The maximum Gasteiger partial charge on any atom is 0.250 e. The van der Waals surface area contributed by atoms with Crippen molar-refractivity contribution in [2.24, 2.45) is 11.8 Å². The van der Waals surface area contributed by atoms with Crippen LogP contribution >= 0.6 is 0 Å². The van der Waals surface area contributed by atoms with Gasteiger partial charge in [0.15, 0.2) is 0 Å². The van der Waals surface area contributed by atoms with Gasteiger partial charge >= 0.3 is 0 Å². The van der Waals surface area contributed by atoms with Crippen molar-refractivity contribution in [3.8, 4) is 0 Å². The molecule has 3 fully saturated rings. The van der Waals surface area contributed by atoms with E-state index in [1.54, 1.807) is 35.7 Å². The van der Waals surface area contributed by atoms with Crippen molar-refractivity contribution >= 4 is 28.8 Å². The summed E-state index contributed by atoms with van der Waals surface area (Å²) in [6, 6.07) is 5.81. The quantitative estimate of drug-likeness (QED) is 0.458. The standard InChI is InChI=1S/C27H34N6O5/c1-5-13-30(4)24(35)21-20-11-12-27(38-20)22(21)25(36)33(17(3)15-34)23(27)26(37)31(14-6-2)16-32-19-10-8-7-9-18(19)28-29-32/h5-10,17,20-23,34H,1-2,11-16H2,3-4H3/t17-,20-,21+,22+,23?,27?/m1/s1. The third kappa shape index (κ3) is 3.83. The lowest BCUT2D eigenvalue weighted by molar-refractivity contribution is -0.152. The first-order valence-corrected chi connectivity index (χ1v) is 12.9. The van der Waals surface area contributed by atoms with Crippen molar-refractivity contribution in [3.63, 3.8) is 0 Å². The molecule has 5 rings (SSSR count). The normalized spacial score (nSPS) is 28.4. The lowest BCUT2D eigenvalue weighted by Crippen LogP contribution is -2.58. The zero-order chi connectivity index (χ0) is 27.2. The number of aliphatic hydroxyl groups excluding tert-OH is 1. The first kappa shape index (κ1) is 26.1. The number of nitrogens with zero attached hydrogens (tertiary/aromatic N) is 6. The molecule has 3 aliphatic rings. The van der Waals surface area contributed by atoms with Crippen molar-refractivity contribution in [2.45, 2.75) is 50.2 Å². The summed E-state index contributed by atoms with van der Waals surface area (Å²) in [7, 11) is 1.67. The number of hydrogen-bond donors (Lipinski definition) is 1. The van der Waals surface area contributed by atoms with Crippen LogP contribution in [0.3, 0.4) is 0 Å². The Morgan fingerprint density at radius 1 is 1.26 bits per heavy atom.